The van der Waals surface area contributed by atoms with Crippen LogP contribution in [0, 0.1) is 0 Å². The first-order chi connectivity index (χ1) is 5.97. The Morgan fingerprint density at radius 1 is 1.54 bits per heavy atom. The van der Waals surface area contributed by atoms with Gasteiger partial charge in [-0.2, -0.15) is 0 Å². The molecule has 0 saturated carbocycles. The normalized spacial score (nSPS) is 29.2. The second-order valence-corrected chi connectivity index (χ2v) is 6.05. The standard InChI is InChI=1S/C10H18O2S/c1-9(2,3)12-8-10(7-11)5-4-6-13-10/h7H,4-6,8H2,1-3H3. The Hall–Kier alpha value is -0.0200. The topological polar surface area (TPSA) is 26.3 Å². The Balaban J connectivity index is 2.45. The monoisotopic (exact) mass is 202 g/mol. The Kier molecular flexibility index (Phi) is 3.41. The van der Waals surface area contributed by atoms with Gasteiger partial charge in [0.1, 0.15) is 6.29 Å². The second-order valence-electron chi connectivity index (χ2n) is 4.54. The van der Waals surface area contributed by atoms with Crippen molar-refractivity contribution in [2.45, 2.75) is 44.0 Å². The van der Waals surface area contributed by atoms with Crippen molar-refractivity contribution in [2.24, 2.45) is 0 Å². The second kappa shape index (κ2) is 4.01. The van der Waals surface area contributed by atoms with Crippen LogP contribution >= 0.6 is 11.8 Å². The Morgan fingerprint density at radius 2 is 2.23 bits per heavy atom. The number of aldehydes is 1. The summed E-state index contributed by atoms with van der Waals surface area (Å²) in [5.41, 5.74) is -0.140. The third-order valence-corrected chi connectivity index (χ3v) is 3.58. The maximum atomic E-state index is 10.9. The number of carbonyl (C=O) groups excluding carboxylic acids is 1. The maximum absolute atomic E-state index is 10.9. The van der Waals surface area contributed by atoms with E-state index in [1.807, 2.05) is 20.8 Å². The van der Waals surface area contributed by atoms with Crippen LogP contribution in [0.5, 0.6) is 0 Å². The van der Waals surface area contributed by atoms with Crippen molar-refractivity contribution in [2.75, 3.05) is 12.4 Å². The minimum Gasteiger partial charge on any atom is -0.374 e. The lowest BCUT2D eigenvalue weighted by atomic mass is 10.1. The molecular weight excluding hydrogens is 184 g/mol. The molecule has 0 aromatic rings. The number of rotatable bonds is 3. The Labute approximate surface area is 84.4 Å². The molecule has 1 aliphatic heterocycles. The van der Waals surface area contributed by atoms with Crippen molar-refractivity contribution in [3.05, 3.63) is 0 Å². The van der Waals surface area contributed by atoms with E-state index in [1.54, 1.807) is 11.8 Å². The van der Waals surface area contributed by atoms with Gasteiger partial charge in [0.15, 0.2) is 0 Å². The van der Waals surface area contributed by atoms with E-state index < -0.39 is 0 Å². The van der Waals surface area contributed by atoms with Crippen molar-refractivity contribution in [1.29, 1.82) is 0 Å². The summed E-state index contributed by atoms with van der Waals surface area (Å²) in [5, 5.41) is 0. The first-order valence-corrected chi connectivity index (χ1v) is 5.70. The summed E-state index contributed by atoms with van der Waals surface area (Å²) in [5.74, 6) is 1.09. The highest BCUT2D eigenvalue weighted by Crippen LogP contribution is 2.37. The lowest BCUT2D eigenvalue weighted by Crippen LogP contribution is -2.34. The molecule has 0 aromatic heterocycles. The minimum absolute atomic E-state index is 0.140. The van der Waals surface area contributed by atoms with Gasteiger partial charge >= 0.3 is 0 Å². The van der Waals surface area contributed by atoms with Crippen molar-refractivity contribution in [1.82, 2.24) is 0 Å². The third kappa shape index (κ3) is 3.31. The Morgan fingerprint density at radius 3 is 2.62 bits per heavy atom. The summed E-state index contributed by atoms with van der Waals surface area (Å²) in [7, 11) is 0. The number of ether oxygens (including phenoxy) is 1. The Bertz CT molecular complexity index is 178. The van der Waals surface area contributed by atoms with Gasteiger partial charge in [0.05, 0.1) is 17.0 Å². The molecule has 0 amide bonds. The highest BCUT2D eigenvalue weighted by Gasteiger charge is 2.35. The molecule has 1 unspecified atom stereocenters. The summed E-state index contributed by atoms with van der Waals surface area (Å²) in [6, 6.07) is 0. The van der Waals surface area contributed by atoms with E-state index in [4.69, 9.17) is 4.74 Å². The van der Waals surface area contributed by atoms with Gasteiger partial charge in [-0.15, -0.1) is 11.8 Å². The van der Waals surface area contributed by atoms with E-state index in [2.05, 4.69) is 0 Å². The van der Waals surface area contributed by atoms with E-state index >= 15 is 0 Å². The van der Waals surface area contributed by atoms with Gasteiger partial charge in [0.2, 0.25) is 0 Å². The third-order valence-electron chi connectivity index (χ3n) is 2.10. The molecule has 0 bridgehead atoms. The molecule has 1 atom stereocenters. The van der Waals surface area contributed by atoms with Crippen LogP contribution in [0.1, 0.15) is 33.6 Å². The van der Waals surface area contributed by atoms with E-state index in [1.165, 1.54) is 0 Å². The summed E-state index contributed by atoms with van der Waals surface area (Å²) in [4.78, 5) is 10.9. The van der Waals surface area contributed by atoms with Crippen LogP contribution in [-0.4, -0.2) is 29.0 Å². The molecule has 0 aromatic carbocycles. The van der Waals surface area contributed by atoms with Gasteiger partial charge in [-0.1, -0.05) is 0 Å². The molecule has 1 fully saturated rings. The lowest BCUT2D eigenvalue weighted by molar-refractivity contribution is -0.113. The largest absolute Gasteiger partial charge is 0.374 e. The van der Waals surface area contributed by atoms with Crippen LogP contribution in [0.15, 0.2) is 0 Å². The molecular formula is C10H18O2S. The average Bonchev–Trinajstić information content (AvgIpc) is 2.49. The zero-order valence-electron chi connectivity index (χ0n) is 8.63. The van der Waals surface area contributed by atoms with Crippen molar-refractivity contribution in [3.63, 3.8) is 0 Å². The number of hydrogen-bond donors (Lipinski definition) is 0. The summed E-state index contributed by atoms with van der Waals surface area (Å²) >= 11 is 1.74. The van der Waals surface area contributed by atoms with Gasteiger partial charge in [0, 0.05) is 0 Å². The molecule has 0 N–H and O–H groups in total. The van der Waals surface area contributed by atoms with Gasteiger partial charge in [0.25, 0.3) is 0 Å². The van der Waals surface area contributed by atoms with Crippen molar-refractivity contribution in [3.8, 4) is 0 Å². The summed E-state index contributed by atoms with van der Waals surface area (Å²) in [6.07, 6.45) is 3.17. The molecule has 1 rings (SSSR count). The van der Waals surface area contributed by atoms with Crippen LogP contribution in [0.4, 0.5) is 0 Å². The highest BCUT2D eigenvalue weighted by atomic mass is 32.2. The molecule has 13 heavy (non-hydrogen) atoms. The minimum atomic E-state index is -0.243. The molecule has 1 heterocycles. The molecule has 76 valence electrons. The van der Waals surface area contributed by atoms with Gasteiger partial charge in [-0.3, -0.25) is 0 Å². The van der Waals surface area contributed by atoms with E-state index in [0.717, 1.165) is 24.9 Å². The molecule has 0 aliphatic carbocycles. The predicted molar refractivity (Wildman–Crippen MR) is 56.2 cm³/mol. The van der Waals surface area contributed by atoms with Crippen molar-refractivity contribution < 1.29 is 9.53 Å². The molecule has 0 radical (unpaired) electrons. The zero-order valence-corrected chi connectivity index (χ0v) is 9.45. The quantitative estimate of drug-likeness (QED) is 0.657. The number of carbonyl (C=O) groups is 1. The lowest BCUT2D eigenvalue weighted by Gasteiger charge is -2.27. The summed E-state index contributed by atoms with van der Waals surface area (Å²) < 4.78 is 5.41. The van der Waals surface area contributed by atoms with Crippen molar-refractivity contribution >= 4 is 18.0 Å². The fraction of sp³-hybridized carbons (Fsp3) is 0.900. The maximum Gasteiger partial charge on any atom is 0.138 e. The van der Waals surface area contributed by atoms with Gasteiger partial charge in [-0.25, -0.2) is 0 Å². The molecule has 3 heteroatoms. The smallest absolute Gasteiger partial charge is 0.138 e. The fourth-order valence-electron chi connectivity index (χ4n) is 1.30. The van der Waals surface area contributed by atoms with Crippen LogP contribution in [0.25, 0.3) is 0 Å². The SMILES string of the molecule is CC(C)(C)OCC1(C=O)CCCS1. The molecule has 2 nitrogen and oxygen atoms in total. The first kappa shape index (κ1) is 11.1. The molecule has 1 aliphatic rings. The van der Waals surface area contributed by atoms with Crippen LogP contribution in [-0.2, 0) is 9.53 Å². The number of thioether (sulfide) groups is 1. The van der Waals surface area contributed by atoms with E-state index in [9.17, 15) is 4.79 Å². The molecule has 0 spiro atoms. The molecule has 1 saturated heterocycles. The van der Waals surface area contributed by atoms with Crippen LogP contribution in [0.2, 0.25) is 0 Å². The van der Waals surface area contributed by atoms with Crippen LogP contribution < -0.4 is 0 Å². The average molecular weight is 202 g/mol. The highest BCUT2D eigenvalue weighted by molar-refractivity contribution is 8.01. The van der Waals surface area contributed by atoms with Gasteiger partial charge < -0.3 is 9.53 Å². The van der Waals surface area contributed by atoms with E-state index in [0.29, 0.717) is 6.61 Å². The first-order valence-electron chi connectivity index (χ1n) is 4.72. The van der Waals surface area contributed by atoms with Crippen LogP contribution in [0.3, 0.4) is 0 Å². The summed E-state index contributed by atoms with van der Waals surface area (Å²) in [6.45, 7) is 6.62. The zero-order chi connectivity index (χ0) is 9.95. The number of hydrogen-bond acceptors (Lipinski definition) is 3. The van der Waals surface area contributed by atoms with Gasteiger partial charge in [-0.05, 0) is 39.4 Å². The predicted octanol–water partition coefficient (Wildman–Crippen LogP) is 2.27. The van der Waals surface area contributed by atoms with E-state index in [-0.39, 0.29) is 10.3 Å². The fourth-order valence-corrected chi connectivity index (χ4v) is 2.49.